The molecule has 1 unspecified atom stereocenters. The molecule has 0 saturated carbocycles. The molecule has 1 aliphatic rings. The smallest absolute Gasteiger partial charge is 0.167 e. The molecule has 1 heterocycles. The van der Waals surface area contributed by atoms with E-state index in [4.69, 9.17) is 21.1 Å². The van der Waals surface area contributed by atoms with Crippen LogP contribution in [0.5, 0.6) is 0 Å². The third kappa shape index (κ3) is 1.76. The summed E-state index contributed by atoms with van der Waals surface area (Å²) in [4.78, 5) is 0. The number of ether oxygens (including phenoxy) is 2. The van der Waals surface area contributed by atoms with Crippen LogP contribution < -0.4 is 0 Å². The summed E-state index contributed by atoms with van der Waals surface area (Å²) in [7, 11) is 0. The fourth-order valence-electron chi connectivity index (χ4n) is 1.29. The number of hydrogen-bond acceptors (Lipinski definition) is 2. The summed E-state index contributed by atoms with van der Waals surface area (Å²) < 4.78 is 11.4. The van der Waals surface area contributed by atoms with E-state index in [1.807, 2.05) is 34.6 Å². The van der Waals surface area contributed by atoms with Gasteiger partial charge in [0, 0.05) is 0 Å². The highest BCUT2D eigenvalue weighted by Crippen LogP contribution is 2.41. The molecule has 0 N–H and O–H groups in total. The Hall–Kier alpha value is 0.210. The van der Waals surface area contributed by atoms with Gasteiger partial charge >= 0.3 is 0 Å². The number of hydrogen-bond donors (Lipinski definition) is 0. The van der Waals surface area contributed by atoms with Crippen LogP contribution in [0.4, 0.5) is 0 Å². The van der Waals surface area contributed by atoms with Crippen molar-refractivity contribution < 1.29 is 9.47 Å². The monoisotopic (exact) mass is 192 g/mol. The topological polar surface area (TPSA) is 18.5 Å². The molecule has 0 aromatic heterocycles. The highest BCUT2D eigenvalue weighted by atomic mass is 35.5. The van der Waals surface area contributed by atoms with Crippen LogP contribution in [-0.2, 0) is 9.47 Å². The number of alkyl halides is 1. The van der Waals surface area contributed by atoms with Gasteiger partial charge in [0.1, 0.15) is 5.60 Å². The lowest BCUT2D eigenvalue weighted by Crippen LogP contribution is -2.58. The first-order chi connectivity index (χ1) is 5.16. The fraction of sp³-hybridized carbons (Fsp3) is 1.00. The maximum Gasteiger partial charge on any atom is 0.167 e. The van der Waals surface area contributed by atoms with Crippen molar-refractivity contribution in [3.05, 3.63) is 0 Å². The lowest BCUT2D eigenvalue weighted by atomic mass is 9.97. The van der Waals surface area contributed by atoms with Gasteiger partial charge in [-0.3, -0.25) is 0 Å². The lowest BCUT2D eigenvalue weighted by molar-refractivity contribution is -0.269. The summed E-state index contributed by atoms with van der Waals surface area (Å²) in [5, 5.41) is -0.720. The van der Waals surface area contributed by atoms with Crippen LogP contribution in [0.25, 0.3) is 0 Å². The standard InChI is InChI=1S/C9H17ClO2/c1-7(2)6-11-9(5,10)8(3,4)12-7/h6H2,1-5H3. The Balaban J connectivity index is 2.82. The van der Waals surface area contributed by atoms with Crippen molar-refractivity contribution in [3.8, 4) is 0 Å². The van der Waals surface area contributed by atoms with E-state index in [0.29, 0.717) is 6.61 Å². The molecule has 0 radical (unpaired) electrons. The van der Waals surface area contributed by atoms with Gasteiger partial charge in [-0.25, -0.2) is 0 Å². The fourth-order valence-corrected chi connectivity index (χ4v) is 1.39. The van der Waals surface area contributed by atoms with Crippen LogP contribution in [0, 0.1) is 0 Å². The van der Waals surface area contributed by atoms with Crippen LogP contribution in [0.1, 0.15) is 34.6 Å². The van der Waals surface area contributed by atoms with E-state index in [1.165, 1.54) is 0 Å². The molecular formula is C9H17ClO2. The van der Waals surface area contributed by atoms with Gasteiger partial charge in [0.05, 0.1) is 12.2 Å². The zero-order valence-corrected chi connectivity index (χ0v) is 9.16. The highest BCUT2D eigenvalue weighted by Gasteiger charge is 2.49. The van der Waals surface area contributed by atoms with Gasteiger partial charge in [-0.15, -0.1) is 0 Å². The molecule has 3 heteroatoms. The first-order valence-electron chi connectivity index (χ1n) is 4.19. The number of rotatable bonds is 0. The van der Waals surface area contributed by atoms with E-state index in [0.717, 1.165) is 0 Å². The predicted molar refractivity (Wildman–Crippen MR) is 49.5 cm³/mol. The summed E-state index contributed by atoms with van der Waals surface area (Å²) in [5.41, 5.74) is -0.686. The Labute approximate surface area is 79.2 Å². The van der Waals surface area contributed by atoms with E-state index in [9.17, 15) is 0 Å². The Morgan fingerprint density at radius 3 is 1.92 bits per heavy atom. The second-order valence-electron chi connectivity index (χ2n) is 4.58. The molecule has 2 nitrogen and oxygen atoms in total. The molecule has 1 aliphatic heterocycles. The van der Waals surface area contributed by atoms with Gasteiger partial charge in [-0.05, 0) is 34.6 Å². The summed E-state index contributed by atoms with van der Waals surface area (Å²) in [6.07, 6.45) is 0. The predicted octanol–water partition coefficient (Wildman–Crippen LogP) is 2.55. The lowest BCUT2D eigenvalue weighted by Gasteiger charge is -2.49. The first-order valence-corrected chi connectivity index (χ1v) is 4.57. The van der Waals surface area contributed by atoms with Crippen LogP contribution >= 0.6 is 11.6 Å². The Kier molecular flexibility index (Phi) is 2.23. The molecular weight excluding hydrogens is 176 g/mol. The Bertz CT molecular complexity index is 185. The normalized spacial score (nSPS) is 39.5. The molecule has 0 spiro atoms. The van der Waals surface area contributed by atoms with Crippen molar-refractivity contribution in [2.75, 3.05) is 6.61 Å². The molecule has 1 saturated heterocycles. The average Bonchev–Trinajstić information content (AvgIpc) is 1.79. The van der Waals surface area contributed by atoms with Crippen molar-refractivity contribution >= 4 is 11.6 Å². The van der Waals surface area contributed by atoms with E-state index in [1.54, 1.807) is 0 Å². The molecule has 0 amide bonds. The second-order valence-corrected chi connectivity index (χ2v) is 5.30. The maximum absolute atomic E-state index is 6.14. The minimum absolute atomic E-state index is 0.238. The number of halogens is 1. The minimum atomic E-state index is -0.720. The van der Waals surface area contributed by atoms with Crippen LogP contribution in [-0.4, -0.2) is 22.9 Å². The first kappa shape index (κ1) is 10.3. The minimum Gasteiger partial charge on any atom is -0.363 e. The Morgan fingerprint density at radius 1 is 1.08 bits per heavy atom. The third-order valence-corrected chi connectivity index (χ3v) is 2.86. The zero-order valence-electron chi connectivity index (χ0n) is 8.40. The molecule has 72 valence electrons. The molecule has 0 bridgehead atoms. The summed E-state index contributed by atoms with van der Waals surface area (Å²) in [6.45, 7) is 10.3. The molecule has 12 heavy (non-hydrogen) atoms. The van der Waals surface area contributed by atoms with E-state index in [-0.39, 0.29) is 5.60 Å². The van der Waals surface area contributed by atoms with Crippen molar-refractivity contribution in [2.24, 2.45) is 0 Å². The van der Waals surface area contributed by atoms with E-state index < -0.39 is 10.7 Å². The van der Waals surface area contributed by atoms with Gasteiger partial charge < -0.3 is 9.47 Å². The van der Waals surface area contributed by atoms with Crippen LogP contribution in [0.3, 0.4) is 0 Å². The van der Waals surface area contributed by atoms with Gasteiger partial charge in [-0.1, -0.05) is 11.6 Å². The molecule has 0 aromatic carbocycles. The summed E-state index contributed by atoms with van der Waals surface area (Å²) >= 11 is 6.14. The van der Waals surface area contributed by atoms with Gasteiger partial charge in [0.25, 0.3) is 0 Å². The van der Waals surface area contributed by atoms with Gasteiger partial charge in [0.15, 0.2) is 5.06 Å². The zero-order chi connectivity index (χ0) is 9.62. The summed E-state index contributed by atoms with van der Waals surface area (Å²) in [6, 6.07) is 0. The van der Waals surface area contributed by atoms with Crippen molar-refractivity contribution in [3.63, 3.8) is 0 Å². The Morgan fingerprint density at radius 2 is 1.58 bits per heavy atom. The molecule has 0 aliphatic carbocycles. The third-order valence-electron chi connectivity index (χ3n) is 2.30. The van der Waals surface area contributed by atoms with E-state index in [2.05, 4.69) is 0 Å². The highest BCUT2D eigenvalue weighted by molar-refractivity contribution is 6.23. The molecule has 0 aromatic rings. The van der Waals surface area contributed by atoms with Crippen LogP contribution in [0.2, 0.25) is 0 Å². The molecule has 1 fully saturated rings. The van der Waals surface area contributed by atoms with Gasteiger partial charge in [0.2, 0.25) is 0 Å². The molecule has 1 atom stereocenters. The van der Waals surface area contributed by atoms with Gasteiger partial charge in [-0.2, -0.15) is 0 Å². The quantitative estimate of drug-likeness (QED) is 0.550. The largest absolute Gasteiger partial charge is 0.363 e. The molecule has 1 rings (SSSR count). The van der Waals surface area contributed by atoms with E-state index >= 15 is 0 Å². The van der Waals surface area contributed by atoms with Crippen LogP contribution in [0.15, 0.2) is 0 Å². The van der Waals surface area contributed by atoms with Crippen molar-refractivity contribution in [1.29, 1.82) is 0 Å². The van der Waals surface area contributed by atoms with Crippen molar-refractivity contribution in [1.82, 2.24) is 0 Å². The summed E-state index contributed by atoms with van der Waals surface area (Å²) in [5.74, 6) is 0. The maximum atomic E-state index is 6.14. The van der Waals surface area contributed by atoms with Crippen molar-refractivity contribution in [2.45, 2.75) is 50.9 Å². The second kappa shape index (κ2) is 2.60. The average molecular weight is 193 g/mol. The SMILES string of the molecule is CC1(C)COC(C)(Cl)C(C)(C)O1.